The van der Waals surface area contributed by atoms with E-state index in [0.717, 1.165) is 51.6 Å². The average molecular weight is 407 g/mol. The molecule has 2 aromatic carbocycles. The topological polar surface area (TPSA) is 71.2 Å². The SMILES string of the molecule is Cn1c(CCCC#N)nc2c3c(ccc21)N(C(=O)OCc1ccccc1)CCS3. The van der Waals surface area contributed by atoms with Gasteiger partial charge in [-0.15, -0.1) is 11.8 Å². The standard InChI is InChI=1S/C22H22N4O2S/c1-25-17-10-11-18-21(20(17)24-19(25)9-5-6-12-23)29-14-13-26(18)22(27)28-15-16-7-3-2-4-8-16/h2-4,7-8,10-11H,5-6,9,13-15H2,1H3. The van der Waals surface area contributed by atoms with Gasteiger partial charge in [-0.3, -0.25) is 4.90 Å². The van der Waals surface area contributed by atoms with Crippen molar-refractivity contribution in [3.8, 4) is 6.07 Å². The highest BCUT2D eigenvalue weighted by atomic mass is 32.2. The van der Waals surface area contributed by atoms with Gasteiger partial charge in [0, 0.05) is 32.2 Å². The van der Waals surface area contributed by atoms with Crippen molar-refractivity contribution < 1.29 is 9.53 Å². The van der Waals surface area contributed by atoms with E-state index in [1.54, 1.807) is 16.7 Å². The second-order valence-corrected chi connectivity index (χ2v) is 8.03. The van der Waals surface area contributed by atoms with Crippen molar-refractivity contribution in [3.05, 3.63) is 53.9 Å². The number of ether oxygens (including phenoxy) is 1. The van der Waals surface area contributed by atoms with E-state index < -0.39 is 0 Å². The molecule has 0 fully saturated rings. The molecule has 2 heterocycles. The van der Waals surface area contributed by atoms with Gasteiger partial charge in [-0.1, -0.05) is 30.3 Å². The number of aromatic nitrogens is 2. The highest BCUT2D eigenvalue weighted by Crippen LogP contribution is 2.40. The third-order valence-electron chi connectivity index (χ3n) is 5.05. The minimum atomic E-state index is -0.333. The molecule has 0 radical (unpaired) electrons. The Morgan fingerprint density at radius 3 is 2.90 bits per heavy atom. The van der Waals surface area contributed by atoms with Gasteiger partial charge in [0.1, 0.15) is 17.9 Å². The second-order valence-electron chi connectivity index (χ2n) is 6.92. The Labute approximate surface area is 174 Å². The summed E-state index contributed by atoms with van der Waals surface area (Å²) in [7, 11) is 2.00. The van der Waals surface area contributed by atoms with Crippen LogP contribution >= 0.6 is 11.8 Å². The van der Waals surface area contributed by atoms with Gasteiger partial charge in [0.15, 0.2) is 0 Å². The molecule has 1 aromatic heterocycles. The quantitative estimate of drug-likeness (QED) is 0.576. The molecule has 0 saturated heterocycles. The zero-order chi connectivity index (χ0) is 20.2. The van der Waals surface area contributed by atoms with Crippen molar-refractivity contribution in [1.29, 1.82) is 5.26 Å². The lowest BCUT2D eigenvalue weighted by atomic mass is 10.2. The summed E-state index contributed by atoms with van der Waals surface area (Å²) in [6, 6.07) is 15.9. The number of hydrogen-bond acceptors (Lipinski definition) is 5. The van der Waals surface area contributed by atoms with Crippen molar-refractivity contribution in [3.63, 3.8) is 0 Å². The number of fused-ring (bicyclic) bond motifs is 3. The van der Waals surface area contributed by atoms with Crippen molar-refractivity contribution in [1.82, 2.24) is 9.55 Å². The van der Waals surface area contributed by atoms with Gasteiger partial charge in [-0.2, -0.15) is 5.26 Å². The molecule has 0 atom stereocenters. The van der Waals surface area contributed by atoms with Gasteiger partial charge in [0.2, 0.25) is 0 Å². The molecule has 0 saturated carbocycles. The van der Waals surface area contributed by atoms with Gasteiger partial charge >= 0.3 is 6.09 Å². The van der Waals surface area contributed by atoms with Crippen LogP contribution < -0.4 is 4.90 Å². The maximum Gasteiger partial charge on any atom is 0.414 e. The summed E-state index contributed by atoms with van der Waals surface area (Å²) in [6.45, 7) is 0.867. The van der Waals surface area contributed by atoms with Crippen molar-refractivity contribution in [2.75, 3.05) is 17.2 Å². The molecule has 29 heavy (non-hydrogen) atoms. The lowest BCUT2D eigenvalue weighted by molar-refractivity contribution is 0.147. The number of thioether (sulfide) groups is 1. The molecule has 148 valence electrons. The monoisotopic (exact) mass is 406 g/mol. The Kier molecular flexibility index (Phi) is 5.72. The Morgan fingerprint density at radius 1 is 1.28 bits per heavy atom. The number of nitriles is 1. The number of benzene rings is 2. The van der Waals surface area contributed by atoms with E-state index in [4.69, 9.17) is 15.0 Å². The van der Waals surface area contributed by atoms with Gasteiger partial charge in [0.25, 0.3) is 0 Å². The summed E-state index contributed by atoms with van der Waals surface area (Å²) in [5.41, 5.74) is 3.79. The molecule has 0 aliphatic carbocycles. The molecule has 0 N–H and O–H groups in total. The number of hydrogen-bond donors (Lipinski definition) is 0. The zero-order valence-corrected chi connectivity index (χ0v) is 17.1. The third-order valence-corrected chi connectivity index (χ3v) is 6.12. The normalized spacial score (nSPS) is 13.2. The summed E-state index contributed by atoms with van der Waals surface area (Å²) in [5, 5.41) is 8.78. The van der Waals surface area contributed by atoms with Crippen LogP contribution in [0.1, 0.15) is 24.2 Å². The number of carbonyl (C=O) groups is 1. The number of amides is 1. The molecule has 1 amide bonds. The molecule has 3 aromatic rings. The smallest absolute Gasteiger partial charge is 0.414 e. The number of imidazole rings is 1. The van der Waals surface area contributed by atoms with Gasteiger partial charge in [-0.05, 0) is 24.1 Å². The van der Waals surface area contributed by atoms with Crippen LogP contribution in [0.2, 0.25) is 0 Å². The number of nitrogens with zero attached hydrogens (tertiary/aromatic N) is 4. The zero-order valence-electron chi connectivity index (χ0n) is 16.3. The van der Waals surface area contributed by atoms with Crippen LogP contribution in [-0.2, 0) is 24.8 Å². The summed E-state index contributed by atoms with van der Waals surface area (Å²) in [4.78, 5) is 20.3. The first kappa shape index (κ1) is 19.3. The predicted octanol–water partition coefficient (Wildman–Crippen LogP) is 4.67. The number of aryl methyl sites for hydroxylation is 2. The molecule has 1 aliphatic rings. The van der Waals surface area contributed by atoms with Gasteiger partial charge in [0.05, 0.1) is 22.2 Å². The number of carbonyl (C=O) groups excluding carboxylic acids is 1. The number of rotatable bonds is 5. The molecule has 0 bridgehead atoms. The second kappa shape index (κ2) is 8.58. The molecular weight excluding hydrogens is 384 g/mol. The van der Waals surface area contributed by atoms with E-state index in [1.165, 1.54) is 0 Å². The molecule has 4 rings (SSSR count). The number of anilines is 1. The van der Waals surface area contributed by atoms with Gasteiger partial charge < -0.3 is 9.30 Å². The van der Waals surface area contributed by atoms with Crippen molar-refractivity contribution in [2.45, 2.75) is 30.8 Å². The van der Waals surface area contributed by atoms with Crippen LogP contribution in [0.3, 0.4) is 0 Å². The Balaban J connectivity index is 1.58. The minimum Gasteiger partial charge on any atom is -0.444 e. The summed E-state index contributed by atoms with van der Waals surface area (Å²) in [6.07, 6.45) is 1.75. The minimum absolute atomic E-state index is 0.257. The summed E-state index contributed by atoms with van der Waals surface area (Å²) in [5.74, 6) is 1.76. The van der Waals surface area contributed by atoms with E-state index in [0.29, 0.717) is 13.0 Å². The first-order valence-corrected chi connectivity index (χ1v) is 10.6. The highest BCUT2D eigenvalue weighted by molar-refractivity contribution is 7.99. The fraction of sp³-hybridized carbons (Fsp3) is 0.318. The van der Waals surface area contributed by atoms with Crippen LogP contribution in [0.5, 0.6) is 0 Å². The first-order chi connectivity index (χ1) is 14.2. The maximum atomic E-state index is 12.8. The fourth-order valence-electron chi connectivity index (χ4n) is 3.52. The van der Waals surface area contributed by atoms with Crippen LogP contribution in [0.15, 0.2) is 47.4 Å². The molecule has 7 heteroatoms. The van der Waals surface area contributed by atoms with Crippen LogP contribution in [0.25, 0.3) is 11.0 Å². The van der Waals surface area contributed by atoms with E-state index in [2.05, 4.69) is 10.6 Å². The van der Waals surface area contributed by atoms with Crippen molar-refractivity contribution >= 4 is 34.6 Å². The average Bonchev–Trinajstić information content (AvgIpc) is 3.08. The molecule has 1 aliphatic heterocycles. The highest BCUT2D eigenvalue weighted by Gasteiger charge is 2.27. The lowest BCUT2D eigenvalue weighted by Gasteiger charge is -2.28. The third kappa shape index (κ3) is 3.94. The maximum absolute atomic E-state index is 12.8. The van der Waals surface area contributed by atoms with E-state index in [-0.39, 0.29) is 12.7 Å². The Morgan fingerprint density at radius 2 is 2.10 bits per heavy atom. The van der Waals surface area contributed by atoms with Crippen molar-refractivity contribution in [2.24, 2.45) is 7.05 Å². The van der Waals surface area contributed by atoms with Crippen LogP contribution in [0.4, 0.5) is 10.5 Å². The molecular formula is C22H22N4O2S. The van der Waals surface area contributed by atoms with Crippen LogP contribution in [0, 0.1) is 11.3 Å². The van der Waals surface area contributed by atoms with E-state index >= 15 is 0 Å². The van der Waals surface area contributed by atoms with Gasteiger partial charge in [-0.25, -0.2) is 9.78 Å². The van der Waals surface area contributed by atoms with E-state index in [9.17, 15) is 4.79 Å². The first-order valence-electron chi connectivity index (χ1n) is 9.65. The Hall–Kier alpha value is -2.98. The molecule has 0 unspecified atom stereocenters. The van der Waals surface area contributed by atoms with E-state index in [1.807, 2.05) is 49.5 Å². The largest absolute Gasteiger partial charge is 0.444 e. The molecule has 6 nitrogen and oxygen atoms in total. The lowest BCUT2D eigenvalue weighted by Crippen LogP contribution is -2.35. The number of unbranched alkanes of at least 4 members (excludes halogenated alkanes) is 1. The predicted molar refractivity (Wildman–Crippen MR) is 114 cm³/mol. The summed E-state index contributed by atoms with van der Waals surface area (Å²) < 4.78 is 7.64. The summed E-state index contributed by atoms with van der Waals surface area (Å²) >= 11 is 1.73. The molecule has 0 spiro atoms. The fourth-order valence-corrected chi connectivity index (χ4v) is 4.61. The van der Waals surface area contributed by atoms with Crippen LogP contribution in [-0.4, -0.2) is 27.9 Å². The Bertz CT molecular complexity index is 1070.